The number of esters is 1. The van der Waals surface area contributed by atoms with E-state index in [9.17, 15) is 4.79 Å². The van der Waals surface area contributed by atoms with Crippen LogP contribution in [0.4, 0.5) is 0 Å². The lowest BCUT2D eigenvalue weighted by Gasteiger charge is -2.10. The first-order chi connectivity index (χ1) is 11.2. The van der Waals surface area contributed by atoms with Crippen molar-refractivity contribution in [2.24, 2.45) is 5.92 Å². The van der Waals surface area contributed by atoms with Gasteiger partial charge in [-0.15, -0.1) is 0 Å². The number of fused-ring (bicyclic) bond motifs is 1. The predicted octanol–water partition coefficient (Wildman–Crippen LogP) is 3.22. The van der Waals surface area contributed by atoms with Crippen LogP contribution < -0.4 is 4.74 Å². The van der Waals surface area contributed by atoms with Gasteiger partial charge in [0.2, 0.25) is 0 Å². The smallest absolute Gasteiger partial charge is 0.308 e. The second kappa shape index (κ2) is 9.10. The highest BCUT2D eigenvalue weighted by Gasteiger charge is 2.11. The van der Waals surface area contributed by atoms with Crippen LogP contribution in [0.2, 0.25) is 0 Å². The third kappa shape index (κ3) is 5.53. The molecule has 0 saturated heterocycles. The van der Waals surface area contributed by atoms with Gasteiger partial charge in [0, 0.05) is 11.6 Å². The summed E-state index contributed by atoms with van der Waals surface area (Å²) in [6.07, 6.45) is 2.56. The fraction of sp³-hybridized carbons (Fsp3) is 0.444. The number of nitrogens with zero attached hydrogens (tertiary/aromatic N) is 1. The van der Waals surface area contributed by atoms with Crippen LogP contribution in [-0.4, -0.2) is 37.4 Å². The number of ether oxygens (including phenoxy) is 3. The van der Waals surface area contributed by atoms with Gasteiger partial charge in [0.25, 0.3) is 0 Å². The molecule has 0 aliphatic heterocycles. The molecular weight excluding hydrogens is 294 g/mol. The van der Waals surface area contributed by atoms with Crippen LogP contribution in [0.5, 0.6) is 5.75 Å². The van der Waals surface area contributed by atoms with Crippen LogP contribution in [0.1, 0.15) is 20.3 Å². The van der Waals surface area contributed by atoms with Gasteiger partial charge < -0.3 is 14.2 Å². The molecule has 0 spiro atoms. The summed E-state index contributed by atoms with van der Waals surface area (Å²) in [5.74, 6) is 0.565. The predicted molar refractivity (Wildman–Crippen MR) is 88.5 cm³/mol. The quantitative estimate of drug-likeness (QED) is 0.525. The maximum atomic E-state index is 11.4. The van der Waals surface area contributed by atoms with Gasteiger partial charge in [0.15, 0.2) is 0 Å². The van der Waals surface area contributed by atoms with Gasteiger partial charge in [-0.3, -0.25) is 9.78 Å². The summed E-state index contributed by atoms with van der Waals surface area (Å²) in [6, 6.07) is 9.67. The number of hydrogen-bond acceptors (Lipinski definition) is 5. The molecule has 0 aliphatic rings. The number of benzene rings is 1. The van der Waals surface area contributed by atoms with Crippen LogP contribution >= 0.6 is 0 Å². The molecule has 0 amide bonds. The molecule has 0 fully saturated rings. The maximum absolute atomic E-state index is 11.4. The molecule has 0 saturated carbocycles. The zero-order valence-electron chi connectivity index (χ0n) is 13.7. The zero-order chi connectivity index (χ0) is 16.5. The third-order valence-electron chi connectivity index (χ3n) is 3.56. The number of rotatable bonds is 9. The van der Waals surface area contributed by atoms with E-state index in [0.717, 1.165) is 23.1 Å². The Kier molecular flexibility index (Phi) is 6.81. The van der Waals surface area contributed by atoms with Gasteiger partial charge >= 0.3 is 5.97 Å². The Bertz CT molecular complexity index is 629. The molecule has 0 N–H and O–H groups in total. The van der Waals surface area contributed by atoms with E-state index in [2.05, 4.69) is 4.98 Å². The first kappa shape index (κ1) is 17.2. The zero-order valence-corrected chi connectivity index (χ0v) is 13.7. The molecule has 1 aromatic carbocycles. The fourth-order valence-corrected chi connectivity index (χ4v) is 1.97. The lowest BCUT2D eigenvalue weighted by molar-refractivity contribution is -0.149. The molecular formula is C18H23NO4. The summed E-state index contributed by atoms with van der Waals surface area (Å²) in [5.41, 5.74) is 0.944. The van der Waals surface area contributed by atoms with E-state index in [4.69, 9.17) is 14.2 Å². The van der Waals surface area contributed by atoms with E-state index in [-0.39, 0.29) is 18.5 Å². The maximum Gasteiger partial charge on any atom is 0.308 e. The van der Waals surface area contributed by atoms with Gasteiger partial charge in [-0.2, -0.15) is 0 Å². The standard InChI is InChI=1S/C18H23NO4/c1-3-14(2)18(20)23-12-10-21-9-11-22-16-6-7-17-15(13-16)5-4-8-19-17/h4-8,13-14H,3,9-12H2,1-2H3. The fourth-order valence-electron chi connectivity index (χ4n) is 1.97. The highest BCUT2D eigenvalue weighted by Crippen LogP contribution is 2.18. The average molecular weight is 317 g/mol. The Morgan fingerprint density at radius 1 is 1.17 bits per heavy atom. The second-order valence-electron chi connectivity index (χ2n) is 5.30. The SMILES string of the molecule is CCC(C)C(=O)OCCOCCOc1ccc2ncccc2c1. The molecule has 0 radical (unpaired) electrons. The van der Waals surface area contributed by atoms with Crippen LogP contribution in [0, 0.1) is 5.92 Å². The average Bonchev–Trinajstić information content (AvgIpc) is 2.59. The molecule has 23 heavy (non-hydrogen) atoms. The van der Waals surface area contributed by atoms with Crippen LogP contribution in [0.3, 0.4) is 0 Å². The van der Waals surface area contributed by atoms with Gasteiger partial charge in [-0.25, -0.2) is 0 Å². The lowest BCUT2D eigenvalue weighted by Crippen LogP contribution is -2.18. The highest BCUT2D eigenvalue weighted by atomic mass is 16.6. The van der Waals surface area contributed by atoms with E-state index >= 15 is 0 Å². The third-order valence-corrected chi connectivity index (χ3v) is 3.56. The molecule has 2 aromatic rings. The number of hydrogen-bond donors (Lipinski definition) is 0. The van der Waals surface area contributed by atoms with Crippen molar-refractivity contribution in [2.45, 2.75) is 20.3 Å². The Labute approximate surface area is 136 Å². The number of aromatic nitrogens is 1. The van der Waals surface area contributed by atoms with Crippen LogP contribution in [-0.2, 0) is 14.3 Å². The minimum absolute atomic E-state index is 0.0549. The van der Waals surface area contributed by atoms with Crippen molar-refractivity contribution in [2.75, 3.05) is 26.4 Å². The van der Waals surface area contributed by atoms with Gasteiger partial charge in [-0.05, 0) is 30.7 Å². The summed E-state index contributed by atoms with van der Waals surface area (Å²) in [4.78, 5) is 15.7. The molecule has 0 bridgehead atoms. The van der Waals surface area contributed by atoms with E-state index in [1.54, 1.807) is 6.20 Å². The highest BCUT2D eigenvalue weighted by molar-refractivity contribution is 5.79. The molecule has 1 heterocycles. The molecule has 1 aromatic heterocycles. The van der Waals surface area contributed by atoms with Crippen molar-refractivity contribution in [3.05, 3.63) is 36.5 Å². The van der Waals surface area contributed by atoms with E-state index in [1.807, 2.05) is 44.2 Å². The molecule has 5 nitrogen and oxygen atoms in total. The van der Waals surface area contributed by atoms with E-state index in [1.165, 1.54) is 0 Å². The van der Waals surface area contributed by atoms with Gasteiger partial charge in [0.1, 0.15) is 19.0 Å². The molecule has 2 rings (SSSR count). The minimum atomic E-state index is -0.169. The molecule has 5 heteroatoms. The Morgan fingerprint density at radius 3 is 2.83 bits per heavy atom. The van der Waals surface area contributed by atoms with E-state index < -0.39 is 0 Å². The molecule has 124 valence electrons. The monoisotopic (exact) mass is 317 g/mol. The van der Waals surface area contributed by atoms with E-state index in [0.29, 0.717) is 19.8 Å². The Morgan fingerprint density at radius 2 is 2.00 bits per heavy atom. The number of carbonyl (C=O) groups excluding carboxylic acids is 1. The molecule has 1 unspecified atom stereocenters. The first-order valence-electron chi connectivity index (χ1n) is 7.92. The summed E-state index contributed by atoms with van der Waals surface area (Å²) in [5, 5.41) is 1.04. The van der Waals surface area contributed by atoms with Crippen molar-refractivity contribution in [1.29, 1.82) is 0 Å². The van der Waals surface area contributed by atoms with Crippen molar-refractivity contribution in [3.63, 3.8) is 0 Å². The summed E-state index contributed by atoms with van der Waals surface area (Å²) < 4.78 is 16.1. The van der Waals surface area contributed by atoms with Crippen molar-refractivity contribution in [1.82, 2.24) is 4.98 Å². The summed E-state index contributed by atoms with van der Waals surface area (Å²) in [6.45, 7) is 5.38. The molecule has 0 aliphatic carbocycles. The summed E-state index contributed by atoms with van der Waals surface area (Å²) >= 11 is 0. The van der Waals surface area contributed by atoms with Crippen LogP contribution in [0.25, 0.3) is 10.9 Å². The number of carbonyl (C=O) groups is 1. The van der Waals surface area contributed by atoms with Crippen molar-refractivity contribution >= 4 is 16.9 Å². The lowest BCUT2D eigenvalue weighted by atomic mass is 10.1. The second-order valence-corrected chi connectivity index (χ2v) is 5.30. The first-order valence-corrected chi connectivity index (χ1v) is 7.92. The van der Waals surface area contributed by atoms with Gasteiger partial charge in [0.05, 0.1) is 24.6 Å². The van der Waals surface area contributed by atoms with Crippen LogP contribution in [0.15, 0.2) is 36.5 Å². The minimum Gasteiger partial charge on any atom is -0.491 e. The summed E-state index contributed by atoms with van der Waals surface area (Å²) in [7, 11) is 0. The Balaban J connectivity index is 1.60. The van der Waals surface area contributed by atoms with Crippen molar-refractivity contribution in [3.8, 4) is 5.75 Å². The topological polar surface area (TPSA) is 57.7 Å². The number of pyridine rings is 1. The largest absolute Gasteiger partial charge is 0.491 e. The van der Waals surface area contributed by atoms with Gasteiger partial charge in [-0.1, -0.05) is 19.9 Å². The molecule has 1 atom stereocenters. The Hall–Kier alpha value is -2.14. The van der Waals surface area contributed by atoms with Crippen molar-refractivity contribution < 1.29 is 19.0 Å². The normalized spacial score (nSPS) is 12.1.